The van der Waals surface area contributed by atoms with Crippen molar-refractivity contribution in [1.82, 2.24) is 14.8 Å². The van der Waals surface area contributed by atoms with Gasteiger partial charge in [0, 0.05) is 44.7 Å². The number of amides is 1. The highest BCUT2D eigenvalue weighted by Crippen LogP contribution is 2.31. The lowest BCUT2D eigenvalue weighted by Gasteiger charge is -2.33. The lowest BCUT2D eigenvalue weighted by molar-refractivity contribution is -0.133. The first kappa shape index (κ1) is 17.2. The smallest absolute Gasteiger partial charge is 0.222 e. The van der Waals surface area contributed by atoms with Crippen LogP contribution in [0, 0.1) is 12.8 Å². The highest BCUT2D eigenvalue weighted by Gasteiger charge is 2.33. The lowest BCUT2D eigenvalue weighted by atomic mass is 9.87. The molecule has 3 heterocycles. The van der Waals surface area contributed by atoms with Crippen LogP contribution >= 0.6 is 0 Å². The number of pyridine rings is 1. The van der Waals surface area contributed by atoms with Gasteiger partial charge in [0.2, 0.25) is 5.91 Å². The molecule has 2 aliphatic heterocycles. The maximum atomic E-state index is 12.5. The van der Waals surface area contributed by atoms with Crippen molar-refractivity contribution in [2.45, 2.75) is 38.2 Å². The van der Waals surface area contributed by atoms with Gasteiger partial charge in [-0.05, 0) is 49.9 Å². The van der Waals surface area contributed by atoms with Crippen LogP contribution in [0.5, 0.6) is 0 Å². The summed E-state index contributed by atoms with van der Waals surface area (Å²) >= 11 is 0. The largest absolute Gasteiger partial charge is 0.391 e. The molecule has 6 nitrogen and oxygen atoms in total. The summed E-state index contributed by atoms with van der Waals surface area (Å²) in [5, 5.41) is 10.0. The maximum absolute atomic E-state index is 12.5. The van der Waals surface area contributed by atoms with Crippen LogP contribution in [0.4, 0.5) is 5.82 Å². The summed E-state index contributed by atoms with van der Waals surface area (Å²) in [5.74, 6) is 1.26. The number of aliphatic hydroxyl groups excluding tert-OH is 1. The lowest BCUT2D eigenvalue weighted by Crippen LogP contribution is -2.39. The zero-order valence-electron chi connectivity index (χ0n) is 14.6. The van der Waals surface area contributed by atoms with Crippen LogP contribution < -0.4 is 5.73 Å². The Hall–Kier alpha value is -1.66. The molecule has 0 aliphatic carbocycles. The van der Waals surface area contributed by atoms with Gasteiger partial charge in [-0.3, -0.25) is 4.79 Å². The second kappa shape index (κ2) is 7.07. The summed E-state index contributed by atoms with van der Waals surface area (Å²) in [7, 11) is 1.99. The molecule has 3 rings (SSSR count). The van der Waals surface area contributed by atoms with Crippen molar-refractivity contribution in [3.05, 3.63) is 23.4 Å². The predicted molar refractivity (Wildman–Crippen MR) is 93.6 cm³/mol. The Morgan fingerprint density at radius 1 is 1.38 bits per heavy atom. The Balaban J connectivity index is 1.54. The van der Waals surface area contributed by atoms with Gasteiger partial charge in [-0.15, -0.1) is 0 Å². The third kappa shape index (κ3) is 3.70. The SMILES string of the molecule is Cc1cc(N)ncc1C1CCN(C(=O)C[C@@H]2CN(C)C[C@H]2O)CC1. The number of nitrogens with zero attached hydrogens (tertiary/aromatic N) is 3. The van der Waals surface area contributed by atoms with Gasteiger partial charge in [0.15, 0.2) is 0 Å². The van der Waals surface area contributed by atoms with E-state index in [0.29, 0.717) is 24.7 Å². The van der Waals surface area contributed by atoms with E-state index in [1.54, 1.807) is 0 Å². The molecule has 2 saturated heterocycles. The fourth-order valence-corrected chi connectivity index (χ4v) is 4.07. The second-order valence-electron chi connectivity index (χ2n) is 7.37. The number of hydrogen-bond donors (Lipinski definition) is 2. The molecule has 0 aromatic carbocycles. The van der Waals surface area contributed by atoms with Gasteiger partial charge in [0.05, 0.1) is 6.10 Å². The summed E-state index contributed by atoms with van der Waals surface area (Å²) < 4.78 is 0. The van der Waals surface area contributed by atoms with Gasteiger partial charge in [-0.2, -0.15) is 0 Å². The Morgan fingerprint density at radius 2 is 2.08 bits per heavy atom. The van der Waals surface area contributed by atoms with Gasteiger partial charge in [-0.1, -0.05) is 0 Å². The number of anilines is 1. The number of β-amino-alcohol motifs (C(OH)–C–C–N with tert-alkyl or cyclic N) is 1. The van der Waals surface area contributed by atoms with Crippen molar-refractivity contribution >= 4 is 11.7 Å². The van der Waals surface area contributed by atoms with Crippen LogP contribution in [0.3, 0.4) is 0 Å². The van der Waals surface area contributed by atoms with Gasteiger partial charge >= 0.3 is 0 Å². The Bertz CT molecular complexity index is 599. The van der Waals surface area contributed by atoms with Gasteiger partial charge < -0.3 is 20.6 Å². The minimum absolute atomic E-state index is 0.0729. The van der Waals surface area contributed by atoms with Crippen LogP contribution in [0.2, 0.25) is 0 Å². The molecule has 1 amide bonds. The molecular formula is C18H28N4O2. The van der Waals surface area contributed by atoms with Gasteiger partial charge in [0.1, 0.15) is 5.82 Å². The van der Waals surface area contributed by atoms with Gasteiger partial charge in [-0.25, -0.2) is 4.98 Å². The van der Waals surface area contributed by atoms with Crippen molar-refractivity contribution in [1.29, 1.82) is 0 Å². The topological polar surface area (TPSA) is 82.7 Å². The van der Waals surface area contributed by atoms with E-state index in [-0.39, 0.29) is 17.9 Å². The number of nitrogen functional groups attached to an aromatic ring is 1. The molecule has 2 aliphatic rings. The molecule has 0 spiro atoms. The average Bonchev–Trinajstić information content (AvgIpc) is 2.85. The molecule has 1 aromatic heterocycles. The number of aliphatic hydroxyl groups is 1. The third-order valence-electron chi connectivity index (χ3n) is 5.49. The number of aromatic nitrogens is 1. The highest BCUT2D eigenvalue weighted by atomic mass is 16.3. The molecule has 3 N–H and O–H groups in total. The number of hydrogen-bond acceptors (Lipinski definition) is 5. The zero-order chi connectivity index (χ0) is 17.3. The fraction of sp³-hybridized carbons (Fsp3) is 0.667. The van der Waals surface area contributed by atoms with E-state index in [1.165, 1.54) is 11.1 Å². The summed E-state index contributed by atoms with van der Waals surface area (Å²) in [5.41, 5.74) is 8.17. The minimum Gasteiger partial charge on any atom is -0.391 e. The standard InChI is InChI=1S/C18H28N4O2/c1-12-7-17(19)20-9-15(12)13-3-5-22(6-4-13)18(24)8-14-10-21(2)11-16(14)23/h7,9,13-14,16,23H,3-6,8,10-11H2,1-2H3,(H2,19,20)/t14-,16-/m1/s1. The Kier molecular flexibility index (Phi) is 5.06. The summed E-state index contributed by atoms with van der Waals surface area (Å²) in [6.07, 6.45) is 3.90. The van der Waals surface area contributed by atoms with Crippen molar-refractivity contribution < 1.29 is 9.90 Å². The van der Waals surface area contributed by atoms with Crippen molar-refractivity contribution in [2.24, 2.45) is 5.92 Å². The second-order valence-corrected chi connectivity index (χ2v) is 7.37. The number of rotatable bonds is 3. The van der Waals surface area contributed by atoms with Crippen molar-refractivity contribution in [3.8, 4) is 0 Å². The van der Waals surface area contributed by atoms with E-state index >= 15 is 0 Å². The number of aryl methyl sites for hydroxylation is 1. The van der Waals surface area contributed by atoms with E-state index < -0.39 is 0 Å². The van der Waals surface area contributed by atoms with Crippen LogP contribution in [0.1, 0.15) is 36.3 Å². The molecule has 2 atom stereocenters. The van der Waals surface area contributed by atoms with Crippen molar-refractivity contribution in [3.63, 3.8) is 0 Å². The molecular weight excluding hydrogens is 304 g/mol. The van der Waals surface area contributed by atoms with E-state index in [4.69, 9.17) is 5.73 Å². The predicted octanol–water partition coefficient (Wildman–Crippen LogP) is 0.991. The highest BCUT2D eigenvalue weighted by molar-refractivity contribution is 5.76. The molecule has 0 radical (unpaired) electrons. The number of piperidine rings is 1. The van der Waals surface area contributed by atoms with E-state index in [2.05, 4.69) is 16.8 Å². The monoisotopic (exact) mass is 332 g/mol. The van der Waals surface area contributed by atoms with Crippen molar-refractivity contribution in [2.75, 3.05) is 39.0 Å². The third-order valence-corrected chi connectivity index (χ3v) is 5.49. The minimum atomic E-state index is -0.375. The normalized spacial score (nSPS) is 26.0. The van der Waals surface area contributed by atoms with Crippen LogP contribution in [0.25, 0.3) is 0 Å². The summed E-state index contributed by atoms with van der Waals surface area (Å²) in [4.78, 5) is 20.8. The molecule has 2 fully saturated rings. The Morgan fingerprint density at radius 3 is 2.67 bits per heavy atom. The average molecular weight is 332 g/mol. The molecule has 0 bridgehead atoms. The van der Waals surface area contributed by atoms with Gasteiger partial charge in [0.25, 0.3) is 0 Å². The quantitative estimate of drug-likeness (QED) is 0.862. The molecule has 0 unspecified atom stereocenters. The maximum Gasteiger partial charge on any atom is 0.222 e. The van der Waals surface area contributed by atoms with Crippen LogP contribution in [0.15, 0.2) is 12.3 Å². The number of carbonyl (C=O) groups is 1. The first-order valence-electron chi connectivity index (χ1n) is 8.80. The molecule has 6 heteroatoms. The summed E-state index contributed by atoms with van der Waals surface area (Å²) in [6.45, 7) is 5.12. The number of likely N-dealkylation sites (tertiary alicyclic amines) is 2. The first-order valence-corrected chi connectivity index (χ1v) is 8.80. The fourth-order valence-electron chi connectivity index (χ4n) is 4.07. The number of carbonyl (C=O) groups excluding carboxylic acids is 1. The Labute approximate surface area is 143 Å². The van der Waals surface area contributed by atoms with E-state index in [1.807, 2.05) is 24.2 Å². The number of likely N-dealkylation sites (N-methyl/N-ethyl adjacent to an activating group) is 1. The van der Waals surface area contributed by atoms with Crippen LogP contribution in [-0.4, -0.2) is 65.1 Å². The molecule has 1 aromatic rings. The molecule has 24 heavy (non-hydrogen) atoms. The van der Waals surface area contributed by atoms with E-state index in [9.17, 15) is 9.90 Å². The molecule has 0 saturated carbocycles. The van der Waals surface area contributed by atoms with E-state index in [0.717, 1.165) is 32.5 Å². The number of nitrogens with two attached hydrogens (primary N) is 1. The molecule has 132 valence electrons. The summed E-state index contributed by atoms with van der Waals surface area (Å²) in [6, 6.07) is 1.92. The first-order chi connectivity index (χ1) is 11.4. The van der Waals surface area contributed by atoms with Crippen LogP contribution in [-0.2, 0) is 4.79 Å². The zero-order valence-corrected chi connectivity index (χ0v) is 14.6.